The molecule has 3 aromatic rings. The van der Waals surface area contributed by atoms with Crippen LogP contribution >= 0.6 is 0 Å². The summed E-state index contributed by atoms with van der Waals surface area (Å²) in [4.78, 5) is 19.4. The minimum atomic E-state index is -0.580. The maximum absolute atomic E-state index is 11.0. The van der Waals surface area contributed by atoms with Gasteiger partial charge in [-0.05, 0) is 24.3 Å². The molecule has 7 heteroatoms. The van der Waals surface area contributed by atoms with Crippen LogP contribution in [-0.4, -0.2) is 22.5 Å². The van der Waals surface area contributed by atoms with Crippen molar-refractivity contribution in [3.8, 4) is 34.2 Å². The van der Waals surface area contributed by atoms with Crippen molar-refractivity contribution in [1.82, 2.24) is 9.97 Å². The molecule has 0 spiro atoms. The summed E-state index contributed by atoms with van der Waals surface area (Å²) in [7, 11) is 0. The van der Waals surface area contributed by atoms with E-state index in [1.54, 1.807) is 42.7 Å². The van der Waals surface area contributed by atoms with Crippen LogP contribution in [0.5, 0.6) is 5.75 Å². The maximum Gasteiger partial charge on any atom is 0.255 e. The van der Waals surface area contributed by atoms with Crippen molar-refractivity contribution >= 4 is 11.7 Å². The SMILES string of the molecule is N#Cc1c(-c2cccnc2)cc(-c2ccccc2OCC(N)=O)nc1N. The first-order valence-corrected chi connectivity index (χ1v) is 7.71. The number of aromatic nitrogens is 2. The van der Waals surface area contributed by atoms with Crippen molar-refractivity contribution in [2.24, 2.45) is 5.73 Å². The second-order valence-corrected chi connectivity index (χ2v) is 5.42. The Morgan fingerprint density at radius 1 is 1.19 bits per heavy atom. The Hall–Kier alpha value is -3.92. The normalized spacial score (nSPS) is 10.1. The number of nitrogen functional groups attached to an aromatic ring is 1. The van der Waals surface area contributed by atoms with E-state index in [9.17, 15) is 10.1 Å². The van der Waals surface area contributed by atoms with Gasteiger partial charge in [0.15, 0.2) is 6.61 Å². The summed E-state index contributed by atoms with van der Waals surface area (Å²) < 4.78 is 5.46. The van der Waals surface area contributed by atoms with Crippen LogP contribution in [0.4, 0.5) is 5.82 Å². The number of primary amides is 1. The molecule has 26 heavy (non-hydrogen) atoms. The number of nitrogens with zero attached hydrogens (tertiary/aromatic N) is 3. The Morgan fingerprint density at radius 3 is 2.69 bits per heavy atom. The van der Waals surface area contributed by atoms with Crippen molar-refractivity contribution in [3.05, 3.63) is 60.4 Å². The Bertz CT molecular complexity index is 997. The van der Waals surface area contributed by atoms with Crippen LogP contribution in [0.1, 0.15) is 5.56 Å². The van der Waals surface area contributed by atoms with Crippen LogP contribution in [-0.2, 0) is 4.79 Å². The van der Waals surface area contributed by atoms with Gasteiger partial charge in [-0.25, -0.2) is 4.98 Å². The molecule has 1 aromatic carbocycles. The number of carbonyl (C=O) groups is 1. The number of nitriles is 1. The molecule has 0 saturated carbocycles. The number of ether oxygens (including phenoxy) is 1. The molecule has 0 aliphatic heterocycles. The molecule has 0 fully saturated rings. The summed E-state index contributed by atoms with van der Waals surface area (Å²) in [6.45, 7) is -0.252. The van der Waals surface area contributed by atoms with Crippen LogP contribution < -0.4 is 16.2 Å². The monoisotopic (exact) mass is 345 g/mol. The van der Waals surface area contributed by atoms with Gasteiger partial charge in [0.05, 0.1) is 5.69 Å². The number of pyridine rings is 2. The van der Waals surface area contributed by atoms with Gasteiger partial charge in [-0.15, -0.1) is 0 Å². The van der Waals surface area contributed by atoms with E-state index in [4.69, 9.17) is 16.2 Å². The number of hydrogen-bond acceptors (Lipinski definition) is 6. The zero-order chi connectivity index (χ0) is 18.5. The van der Waals surface area contributed by atoms with E-state index in [1.165, 1.54) is 0 Å². The van der Waals surface area contributed by atoms with E-state index in [1.807, 2.05) is 12.1 Å². The third-order valence-corrected chi connectivity index (χ3v) is 3.66. The molecule has 0 aliphatic rings. The molecule has 0 atom stereocenters. The second-order valence-electron chi connectivity index (χ2n) is 5.42. The number of nitrogens with two attached hydrogens (primary N) is 2. The maximum atomic E-state index is 11.0. The molecular weight excluding hydrogens is 330 g/mol. The quantitative estimate of drug-likeness (QED) is 0.729. The fourth-order valence-corrected chi connectivity index (χ4v) is 2.52. The highest BCUT2D eigenvalue weighted by atomic mass is 16.5. The van der Waals surface area contributed by atoms with Crippen molar-refractivity contribution in [1.29, 1.82) is 5.26 Å². The Morgan fingerprint density at radius 2 is 2.00 bits per heavy atom. The fourth-order valence-electron chi connectivity index (χ4n) is 2.52. The largest absolute Gasteiger partial charge is 0.483 e. The zero-order valence-electron chi connectivity index (χ0n) is 13.7. The summed E-state index contributed by atoms with van der Waals surface area (Å²) in [6, 6.07) is 14.5. The number of hydrogen-bond donors (Lipinski definition) is 2. The molecular formula is C19H15N5O2. The smallest absolute Gasteiger partial charge is 0.255 e. The van der Waals surface area contributed by atoms with E-state index in [-0.39, 0.29) is 18.0 Å². The van der Waals surface area contributed by atoms with Gasteiger partial charge in [-0.2, -0.15) is 5.26 Å². The minimum Gasteiger partial charge on any atom is -0.483 e. The Kier molecular flexibility index (Phi) is 4.76. The lowest BCUT2D eigenvalue weighted by molar-refractivity contribution is -0.119. The fraction of sp³-hybridized carbons (Fsp3) is 0.0526. The van der Waals surface area contributed by atoms with Crippen molar-refractivity contribution < 1.29 is 9.53 Å². The van der Waals surface area contributed by atoms with Gasteiger partial charge < -0.3 is 16.2 Å². The predicted octanol–water partition coefficient (Wildman–Crippen LogP) is 2.13. The highest BCUT2D eigenvalue weighted by Crippen LogP contribution is 2.34. The molecule has 1 amide bonds. The van der Waals surface area contributed by atoms with Gasteiger partial charge in [-0.3, -0.25) is 9.78 Å². The lowest BCUT2D eigenvalue weighted by atomic mass is 9.99. The highest BCUT2D eigenvalue weighted by molar-refractivity contribution is 5.81. The first-order chi connectivity index (χ1) is 12.6. The molecule has 4 N–H and O–H groups in total. The Balaban J connectivity index is 2.15. The summed E-state index contributed by atoms with van der Waals surface area (Å²) in [5.41, 5.74) is 13.9. The van der Waals surface area contributed by atoms with E-state index < -0.39 is 5.91 Å². The number of anilines is 1. The van der Waals surface area contributed by atoms with Crippen molar-refractivity contribution in [2.45, 2.75) is 0 Å². The van der Waals surface area contributed by atoms with Gasteiger partial charge >= 0.3 is 0 Å². The van der Waals surface area contributed by atoms with Crippen LogP contribution in [0.2, 0.25) is 0 Å². The standard InChI is InChI=1S/C19H15N5O2/c20-9-15-14(12-4-3-7-23-10-12)8-16(24-19(15)22)13-5-1-2-6-17(13)26-11-18(21)25/h1-8,10H,11H2,(H2,21,25)(H2,22,24). The molecule has 0 bridgehead atoms. The van der Waals surface area contributed by atoms with Gasteiger partial charge in [0.2, 0.25) is 0 Å². The number of para-hydroxylation sites is 1. The third kappa shape index (κ3) is 3.44. The zero-order valence-corrected chi connectivity index (χ0v) is 13.7. The summed E-state index contributed by atoms with van der Waals surface area (Å²) in [5.74, 6) is -0.0308. The molecule has 2 aromatic heterocycles. The molecule has 0 radical (unpaired) electrons. The average molecular weight is 345 g/mol. The third-order valence-electron chi connectivity index (χ3n) is 3.66. The highest BCUT2D eigenvalue weighted by Gasteiger charge is 2.16. The topological polar surface area (TPSA) is 128 Å². The molecule has 0 saturated heterocycles. The molecule has 0 unspecified atom stereocenters. The number of amides is 1. The van der Waals surface area contributed by atoms with E-state index in [0.717, 1.165) is 5.56 Å². The molecule has 3 rings (SSSR count). The summed E-state index contributed by atoms with van der Waals surface area (Å²) in [6.07, 6.45) is 3.29. The van der Waals surface area contributed by atoms with Crippen LogP contribution in [0.15, 0.2) is 54.9 Å². The van der Waals surface area contributed by atoms with E-state index in [2.05, 4.69) is 16.0 Å². The first kappa shape index (κ1) is 16.9. The number of rotatable bonds is 5. The lowest BCUT2D eigenvalue weighted by Crippen LogP contribution is -2.20. The van der Waals surface area contributed by atoms with Gasteiger partial charge in [0.1, 0.15) is 23.2 Å². The molecule has 0 aliphatic carbocycles. The van der Waals surface area contributed by atoms with Gasteiger partial charge in [0, 0.05) is 29.1 Å². The first-order valence-electron chi connectivity index (χ1n) is 7.71. The molecule has 7 nitrogen and oxygen atoms in total. The average Bonchev–Trinajstić information content (AvgIpc) is 2.66. The van der Waals surface area contributed by atoms with Crippen LogP contribution in [0.3, 0.4) is 0 Å². The summed E-state index contributed by atoms with van der Waals surface area (Å²) in [5, 5.41) is 9.46. The predicted molar refractivity (Wildman–Crippen MR) is 96.7 cm³/mol. The Labute approximate surface area is 149 Å². The van der Waals surface area contributed by atoms with Crippen molar-refractivity contribution in [2.75, 3.05) is 12.3 Å². The summed E-state index contributed by atoms with van der Waals surface area (Å²) >= 11 is 0. The molecule has 2 heterocycles. The molecule has 128 valence electrons. The number of carbonyl (C=O) groups excluding carboxylic acids is 1. The van der Waals surface area contributed by atoms with E-state index >= 15 is 0 Å². The minimum absolute atomic E-state index is 0.105. The number of benzene rings is 1. The van der Waals surface area contributed by atoms with Gasteiger partial charge in [0.25, 0.3) is 5.91 Å². The lowest BCUT2D eigenvalue weighted by Gasteiger charge is -2.13. The second kappa shape index (κ2) is 7.32. The van der Waals surface area contributed by atoms with Crippen LogP contribution in [0.25, 0.3) is 22.4 Å². The van der Waals surface area contributed by atoms with E-state index in [0.29, 0.717) is 22.6 Å². The van der Waals surface area contributed by atoms with Crippen LogP contribution in [0, 0.1) is 11.3 Å². The van der Waals surface area contributed by atoms with Gasteiger partial charge in [-0.1, -0.05) is 18.2 Å². The van der Waals surface area contributed by atoms with Crippen molar-refractivity contribution in [3.63, 3.8) is 0 Å².